The summed E-state index contributed by atoms with van der Waals surface area (Å²) in [5.74, 6) is 0.880. The Hall–Kier alpha value is -3.09. The topological polar surface area (TPSA) is 50.8 Å². The second-order valence-corrected chi connectivity index (χ2v) is 8.43. The molecule has 172 valence electrons. The zero-order valence-corrected chi connectivity index (χ0v) is 19.4. The van der Waals surface area contributed by atoms with Crippen molar-refractivity contribution in [2.75, 3.05) is 27.3 Å². The molecule has 3 aromatic rings. The molecule has 0 bridgehead atoms. The molecule has 33 heavy (non-hydrogen) atoms. The molecule has 0 aliphatic carbocycles. The number of carbonyl (C=O) groups excluding carboxylic acids is 1. The Morgan fingerprint density at radius 1 is 1.09 bits per heavy atom. The molecule has 0 radical (unpaired) electrons. The zero-order valence-electron chi connectivity index (χ0n) is 18.6. The van der Waals surface area contributed by atoms with Crippen LogP contribution >= 0.6 is 11.6 Å². The molecule has 1 atom stereocenters. The lowest BCUT2D eigenvalue weighted by atomic mass is 9.91. The van der Waals surface area contributed by atoms with Gasteiger partial charge in [-0.3, -0.25) is 9.69 Å². The maximum absolute atomic E-state index is 13.8. The number of methoxy groups -OCH3 is 2. The van der Waals surface area contributed by atoms with Gasteiger partial charge < -0.3 is 14.8 Å². The smallest absolute Gasteiger partial charge is 0.251 e. The Morgan fingerprint density at radius 2 is 1.82 bits per heavy atom. The lowest BCUT2D eigenvalue weighted by molar-refractivity contribution is 0.0926. The maximum atomic E-state index is 13.8. The summed E-state index contributed by atoms with van der Waals surface area (Å²) in [5.41, 5.74) is 3.63. The number of nitrogens with zero attached hydrogens (tertiary/aromatic N) is 1. The van der Waals surface area contributed by atoms with E-state index in [0.717, 1.165) is 29.7 Å². The van der Waals surface area contributed by atoms with Crippen LogP contribution in [0.15, 0.2) is 60.7 Å². The van der Waals surface area contributed by atoms with Crippen molar-refractivity contribution in [2.45, 2.75) is 19.0 Å². The average Bonchev–Trinajstić information content (AvgIpc) is 2.82. The predicted molar refractivity (Wildman–Crippen MR) is 127 cm³/mol. The van der Waals surface area contributed by atoms with Crippen molar-refractivity contribution >= 4 is 17.5 Å². The van der Waals surface area contributed by atoms with Crippen molar-refractivity contribution < 1.29 is 18.7 Å². The molecule has 1 aliphatic heterocycles. The van der Waals surface area contributed by atoms with Crippen molar-refractivity contribution in [3.8, 4) is 11.5 Å². The van der Waals surface area contributed by atoms with Gasteiger partial charge in [0.25, 0.3) is 5.91 Å². The molecule has 1 unspecified atom stereocenters. The Morgan fingerprint density at radius 3 is 2.52 bits per heavy atom. The largest absolute Gasteiger partial charge is 0.493 e. The Kier molecular flexibility index (Phi) is 7.16. The molecule has 0 fully saturated rings. The van der Waals surface area contributed by atoms with E-state index in [9.17, 15) is 9.18 Å². The number of fused-ring (bicyclic) bond motifs is 1. The van der Waals surface area contributed by atoms with Gasteiger partial charge in [-0.1, -0.05) is 23.7 Å². The zero-order chi connectivity index (χ0) is 23.4. The van der Waals surface area contributed by atoms with Gasteiger partial charge in [-0.25, -0.2) is 4.39 Å². The first-order valence-electron chi connectivity index (χ1n) is 10.8. The van der Waals surface area contributed by atoms with Gasteiger partial charge in [0.15, 0.2) is 11.5 Å². The Labute approximate surface area is 198 Å². The number of amides is 1. The van der Waals surface area contributed by atoms with E-state index >= 15 is 0 Å². The number of hydrogen-bond donors (Lipinski definition) is 1. The third-order valence-corrected chi connectivity index (χ3v) is 6.20. The Bertz CT molecular complexity index is 1140. The van der Waals surface area contributed by atoms with Crippen molar-refractivity contribution in [1.82, 2.24) is 10.2 Å². The van der Waals surface area contributed by atoms with Gasteiger partial charge in [-0.2, -0.15) is 0 Å². The first-order chi connectivity index (χ1) is 16.0. The van der Waals surface area contributed by atoms with E-state index in [1.54, 1.807) is 50.6 Å². The summed E-state index contributed by atoms with van der Waals surface area (Å²) in [6.45, 7) is 1.72. The molecule has 7 heteroatoms. The van der Waals surface area contributed by atoms with Gasteiger partial charge >= 0.3 is 0 Å². The van der Waals surface area contributed by atoms with Crippen LogP contribution in [0.2, 0.25) is 5.02 Å². The van der Waals surface area contributed by atoms with Gasteiger partial charge in [0.05, 0.1) is 20.3 Å². The van der Waals surface area contributed by atoms with E-state index in [-0.39, 0.29) is 17.8 Å². The molecule has 1 heterocycles. The predicted octanol–water partition coefficient (Wildman–Crippen LogP) is 5.03. The van der Waals surface area contributed by atoms with E-state index in [1.165, 1.54) is 6.07 Å². The highest BCUT2D eigenvalue weighted by Gasteiger charge is 2.29. The minimum absolute atomic E-state index is 0.118. The van der Waals surface area contributed by atoms with Crippen LogP contribution in [-0.2, 0) is 13.0 Å². The SMILES string of the molecule is COc1cc2c(cc1OC)C(CNC(=O)c1ccc(Cl)cc1)N(Cc1cccc(F)c1)CC2. The number of rotatable bonds is 7. The fourth-order valence-corrected chi connectivity index (χ4v) is 4.40. The molecular weight excluding hydrogens is 443 g/mol. The first kappa shape index (κ1) is 23.1. The molecule has 3 aromatic carbocycles. The van der Waals surface area contributed by atoms with Crippen LogP contribution in [0.5, 0.6) is 11.5 Å². The standard InChI is InChI=1S/C26H26ClFN2O3/c1-32-24-13-19-10-11-30(16-17-4-3-5-21(28)12-17)23(22(19)14-25(24)33-2)15-29-26(31)18-6-8-20(27)9-7-18/h3-9,12-14,23H,10-11,15-16H2,1-2H3,(H,29,31). The lowest BCUT2D eigenvalue weighted by Gasteiger charge is -2.38. The molecule has 5 nitrogen and oxygen atoms in total. The minimum atomic E-state index is -0.260. The van der Waals surface area contributed by atoms with Crippen LogP contribution in [0.4, 0.5) is 4.39 Å². The van der Waals surface area contributed by atoms with Crippen molar-refractivity contribution in [2.24, 2.45) is 0 Å². The highest BCUT2D eigenvalue weighted by atomic mass is 35.5. The van der Waals surface area contributed by atoms with E-state index in [2.05, 4.69) is 10.2 Å². The lowest BCUT2D eigenvalue weighted by Crippen LogP contribution is -2.41. The van der Waals surface area contributed by atoms with Crippen LogP contribution in [0.3, 0.4) is 0 Å². The Balaban J connectivity index is 1.62. The molecular formula is C26H26ClFN2O3. The fourth-order valence-electron chi connectivity index (χ4n) is 4.27. The second kappa shape index (κ2) is 10.2. The number of ether oxygens (including phenoxy) is 2. The van der Waals surface area contributed by atoms with Gasteiger partial charge in [0.1, 0.15) is 5.82 Å². The van der Waals surface area contributed by atoms with Crippen LogP contribution in [0.1, 0.15) is 33.1 Å². The molecule has 0 saturated heterocycles. The quantitative estimate of drug-likeness (QED) is 0.528. The van der Waals surface area contributed by atoms with Crippen molar-refractivity contribution in [3.05, 3.63) is 93.8 Å². The molecule has 1 N–H and O–H groups in total. The van der Waals surface area contributed by atoms with E-state index in [0.29, 0.717) is 35.2 Å². The fraction of sp³-hybridized carbons (Fsp3) is 0.269. The summed E-state index contributed by atoms with van der Waals surface area (Å²) in [7, 11) is 3.22. The van der Waals surface area contributed by atoms with E-state index in [4.69, 9.17) is 21.1 Å². The summed E-state index contributed by atoms with van der Waals surface area (Å²) in [6.07, 6.45) is 0.812. The third-order valence-electron chi connectivity index (χ3n) is 5.95. The van der Waals surface area contributed by atoms with Crippen molar-refractivity contribution in [1.29, 1.82) is 0 Å². The first-order valence-corrected chi connectivity index (χ1v) is 11.1. The summed E-state index contributed by atoms with van der Waals surface area (Å²) in [5, 5.41) is 3.63. The monoisotopic (exact) mass is 468 g/mol. The molecule has 4 rings (SSSR count). The summed E-state index contributed by atoms with van der Waals surface area (Å²) < 4.78 is 24.8. The van der Waals surface area contributed by atoms with Crippen LogP contribution < -0.4 is 14.8 Å². The van der Waals surface area contributed by atoms with E-state index < -0.39 is 0 Å². The summed E-state index contributed by atoms with van der Waals surface area (Å²) in [4.78, 5) is 15.0. The van der Waals surface area contributed by atoms with Gasteiger partial charge in [-0.05, 0) is 71.6 Å². The number of halogens is 2. The molecule has 1 amide bonds. The molecule has 0 aromatic heterocycles. The highest BCUT2D eigenvalue weighted by molar-refractivity contribution is 6.30. The third kappa shape index (κ3) is 5.29. The summed E-state index contributed by atoms with van der Waals surface area (Å²) >= 11 is 5.94. The average molecular weight is 469 g/mol. The van der Waals surface area contributed by atoms with Gasteiger partial charge in [-0.15, -0.1) is 0 Å². The van der Waals surface area contributed by atoms with Gasteiger partial charge in [0, 0.05) is 30.2 Å². The minimum Gasteiger partial charge on any atom is -0.493 e. The van der Waals surface area contributed by atoms with Crippen LogP contribution in [0.25, 0.3) is 0 Å². The number of benzene rings is 3. The number of hydrogen-bond acceptors (Lipinski definition) is 4. The molecule has 0 saturated carbocycles. The van der Waals surface area contributed by atoms with Crippen LogP contribution in [-0.4, -0.2) is 38.1 Å². The number of carbonyl (C=O) groups is 1. The summed E-state index contributed by atoms with van der Waals surface area (Å²) in [6, 6.07) is 17.3. The van der Waals surface area contributed by atoms with E-state index in [1.807, 2.05) is 18.2 Å². The van der Waals surface area contributed by atoms with Crippen LogP contribution in [0, 0.1) is 5.82 Å². The molecule has 0 spiro atoms. The van der Waals surface area contributed by atoms with Gasteiger partial charge in [0.2, 0.25) is 0 Å². The highest BCUT2D eigenvalue weighted by Crippen LogP contribution is 2.38. The van der Waals surface area contributed by atoms with Crippen molar-refractivity contribution in [3.63, 3.8) is 0 Å². The molecule has 1 aliphatic rings. The number of nitrogens with one attached hydrogen (secondary N) is 1. The normalized spacial score (nSPS) is 15.6. The second-order valence-electron chi connectivity index (χ2n) is 7.99. The maximum Gasteiger partial charge on any atom is 0.251 e.